The van der Waals surface area contributed by atoms with Gasteiger partial charge in [-0.2, -0.15) is 25.3 Å². The van der Waals surface area contributed by atoms with Gasteiger partial charge in [0.15, 0.2) is 0 Å². The Hall–Kier alpha value is 0.540. The summed E-state index contributed by atoms with van der Waals surface area (Å²) in [5.74, 6) is 0. The zero-order chi connectivity index (χ0) is 13.6. The molecule has 0 aromatic heterocycles. The third-order valence-corrected chi connectivity index (χ3v) is 2.13. The Morgan fingerprint density at radius 3 is 1.17 bits per heavy atom. The lowest BCUT2D eigenvalue weighted by atomic mass is 10.5. The summed E-state index contributed by atoms with van der Waals surface area (Å²) in [4.78, 5) is 0. The molecule has 0 saturated carbocycles. The molecule has 0 fully saturated rings. The summed E-state index contributed by atoms with van der Waals surface area (Å²) in [6, 6.07) is 0. The van der Waals surface area contributed by atoms with Gasteiger partial charge in [-0.3, -0.25) is 0 Å². The minimum Gasteiger partial charge on any atom is -0.378 e. The molecule has 0 saturated heterocycles. The van der Waals surface area contributed by atoms with Crippen molar-refractivity contribution < 1.29 is 18.9 Å². The van der Waals surface area contributed by atoms with E-state index in [0.717, 1.165) is 0 Å². The molecule has 6 heteroatoms. The van der Waals surface area contributed by atoms with Crippen LogP contribution in [0.3, 0.4) is 0 Å². The van der Waals surface area contributed by atoms with Gasteiger partial charge in [0.2, 0.25) is 0 Å². The van der Waals surface area contributed by atoms with Gasteiger partial charge >= 0.3 is 0 Å². The van der Waals surface area contributed by atoms with Crippen LogP contribution in [0.2, 0.25) is 0 Å². The van der Waals surface area contributed by atoms with Crippen molar-refractivity contribution in [3.8, 4) is 0 Å². The summed E-state index contributed by atoms with van der Waals surface area (Å²) in [6.45, 7) is 8.87. The molecule has 2 unspecified atom stereocenters. The van der Waals surface area contributed by atoms with E-state index in [-0.39, 0.29) is 10.5 Å². The fourth-order valence-corrected chi connectivity index (χ4v) is 1.28. The van der Waals surface area contributed by atoms with E-state index >= 15 is 0 Å². The van der Waals surface area contributed by atoms with Crippen molar-refractivity contribution in [2.75, 3.05) is 52.9 Å². The van der Waals surface area contributed by atoms with Crippen LogP contribution in [0.5, 0.6) is 0 Å². The smallest absolute Gasteiger partial charge is 0.0701 e. The van der Waals surface area contributed by atoms with Gasteiger partial charge in [-0.05, 0) is 0 Å². The second-order valence-electron chi connectivity index (χ2n) is 4.07. The van der Waals surface area contributed by atoms with E-state index in [9.17, 15) is 0 Å². The molecule has 0 aliphatic carbocycles. The molecule has 0 radical (unpaired) electrons. The summed E-state index contributed by atoms with van der Waals surface area (Å²) in [5.41, 5.74) is 0. The summed E-state index contributed by atoms with van der Waals surface area (Å²) < 4.78 is 21.3. The van der Waals surface area contributed by atoms with Gasteiger partial charge in [0.1, 0.15) is 0 Å². The number of thiol groups is 2. The Morgan fingerprint density at radius 2 is 0.889 bits per heavy atom. The van der Waals surface area contributed by atoms with Crippen molar-refractivity contribution in [1.29, 1.82) is 0 Å². The molecule has 0 N–H and O–H groups in total. The fourth-order valence-electron chi connectivity index (χ4n) is 1.07. The molecule has 0 heterocycles. The summed E-state index contributed by atoms with van der Waals surface area (Å²) in [6.07, 6.45) is 0. The van der Waals surface area contributed by atoms with Crippen LogP contribution in [-0.4, -0.2) is 63.4 Å². The van der Waals surface area contributed by atoms with Gasteiger partial charge in [0.05, 0.1) is 52.9 Å². The lowest BCUT2D eigenvalue weighted by molar-refractivity contribution is -0.000897. The molecule has 110 valence electrons. The van der Waals surface area contributed by atoms with Crippen LogP contribution < -0.4 is 0 Å². The SMILES string of the molecule is CC(S)COCCOCCOCCOCC(C)S. The Labute approximate surface area is 122 Å². The van der Waals surface area contributed by atoms with E-state index in [1.54, 1.807) is 0 Å². The van der Waals surface area contributed by atoms with Crippen molar-refractivity contribution in [2.45, 2.75) is 24.3 Å². The van der Waals surface area contributed by atoms with Gasteiger partial charge in [0, 0.05) is 10.5 Å². The van der Waals surface area contributed by atoms with E-state index in [1.165, 1.54) is 0 Å². The predicted octanol–water partition coefficient (Wildman–Crippen LogP) is 1.69. The van der Waals surface area contributed by atoms with Crippen LogP contribution in [0.4, 0.5) is 0 Å². The van der Waals surface area contributed by atoms with Crippen LogP contribution in [0.15, 0.2) is 0 Å². The molecule has 0 aliphatic rings. The fraction of sp³-hybridized carbons (Fsp3) is 1.00. The first-order chi connectivity index (χ1) is 8.63. The first-order valence-electron chi connectivity index (χ1n) is 6.30. The van der Waals surface area contributed by atoms with Gasteiger partial charge in [-0.1, -0.05) is 13.8 Å². The molecule has 0 aliphatic heterocycles. The van der Waals surface area contributed by atoms with E-state index < -0.39 is 0 Å². The van der Waals surface area contributed by atoms with Gasteiger partial charge in [-0.25, -0.2) is 0 Å². The average Bonchev–Trinajstić information content (AvgIpc) is 2.29. The zero-order valence-electron chi connectivity index (χ0n) is 11.3. The molecular formula is C12H26O4S2. The molecule has 18 heavy (non-hydrogen) atoms. The number of ether oxygens (including phenoxy) is 4. The average molecular weight is 298 g/mol. The molecule has 2 atom stereocenters. The van der Waals surface area contributed by atoms with Crippen LogP contribution in [0.1, 0.15) is 13.8 Å². The Bertz CT molecular complexity index is 150. The Morgan fingerprint density at radius 1 is 0.611 bits per heavy atom. The van der Waals surface area contributed by atoms with E-state index in [0.29, 0.717) is 52.9 Å². The van der Waals surface area contributed by atoms with Crippen molar-refractivity contribution in [2.24, 2.45) is 0 Å². The third-order valence-electron chi connectivity index (χ3n) is 1.83. The minimum atomic E-state index is 0.272. The zero-order valence-corrected chi connectivity index (χ0v) is 13.1. The highest BCUT2D eigenvalue weighted by molar-refractivity contribution is 7.81. The maximum atomic E-state index is 5.33. The molecule has 0 aromatic carbocycles. The van der Waals surface area contributed by atoms with Crippen molar-refractivity contribution >= 4 is 25.3 Å². The first-order valence-corrected chi connectivity index (χ1v) is 7.33. The summed E-state index contributed by atoms with van der Waals surface area (Å²) in [7, 11) is 0. The van der Waals surface area contributed by atoms with Gasteiger partial charge < -0.3 is 18.9 Å². The van der Waals surface area contributed by atoms with Crippen molar-refractivity contribution in [3.63, 3.8) is 0 Å². The molecule has 0 spiro atoms. The van der Waals surface area contributed by atoms with Crippen LogP contribution in [-0.2, 0) is 18.9 Å². The quantitative estimate of drug-likeness (QED) is 0.401. The largest absolute Gasteiger partial charge is 0.378 e. The van der Waals surface area contributed by atoms with E-state index in [2.05, 4.69) is 25.3 Å². The maximum Gasteiger partial charge on any atom is 0.0701 e. The molecule has 0 bridgehead atoms. The molecule has 4 nitrogen and oxygen atoms in total. The van der Waals surface area contributed by atoms with Crippen molar-refractivity contribution in [1.82, 2.24) is 0 Å². The Balaban J connectivity index is 2.95. The monoisotopic (exact) mass is 298 g/mol. The van der Waals surface area contributed by atoms with E-state index in [1.807, 2.05) is 13.8 Å². The minimum absolute atomic E-state index is 0.272. The molecular weight excluding hydrogens is 272 g/mol. The van der Waals surface area contributed by atoms with Crippen molar-refractivity contribution in [3.05, 3.63) is 0 Å². The highest BCUT2D eigenvalue weighted by Crippen LogP contribution is 1.93. The topological polar surface area (TPSA) is 36.9 Å². The van der Waals surface area contributed by atoms with Gasteiger partial charge in [0.25, 0.3) is 0 Å². The summed E-state index contributed by atoms with van der Waals surface area (Å²) in [5, 5.41) is 0.543. The number of hydrogen-bond donors (Lipinski definition) is 2. The lowest BCUT2D eigenvalue weighted by Gasteiger charge is -2.08. The normalized spacial score (nSPS) is 14.7. The Kier molecular flexibility index (Phi) is 14.4. The lowest BCUT2D eigenvalue weighted by Crippen LogP contribution is -2.14. The predicted molar refractivity (Wildman–Crippen MR) is 80.2 cm³/mol. The second-order valence-corrected chi connectivity index (χ2v) is 5.84. The third kappa shape index (κ3) is 16.5. The van der Waals surface area contributed by atoms with E-state index in [4.69, 9.17) is 18.9 Å². The summed E-state index contributed by atoms with van der Waals surface area (Å²) >= 11 is 8.41. The molecule has 0 rings (SSSR count). The first kappa shape index (κ1) is 18.5. The van der Waals surface area contributed by atoms with Crippen LogP contribution in [0.25, 0.3) is 0 Å². The molecule has 0 amide bonds. The molecule has 0 aromatic rings. The number of hydrogen-bond acceptors (Lipinski definition) is 6. The number of rotatable bonds is 13. The second kappa shape index (κ2) is 14.0. The van der Waals surface area contributed by atoms with Crippen LogP contribution >= 0.6 is 25.3 Å². The van der Waals surface area contributed by atoms with Crippen LogP contribution in [0, 0.1) is 0 Å². The highest BCUT2D eigenvalue weighted by Gasteiger charge is 1.96. The maximum absolute atomic E-state index is 5.33. The standard InChI is InChI=1S/C12H26O4S2/c1-11(17)9-15-7-5-13-3-4-14-6-8-16-10-12(2)18/h11-12,17-18H,3-10H2,1-2H3. The highest BCUT2D eigenvalue weighted by atomic mass is 32.1. The van der Waals surface area contributed by atoms with Gasteiger partial charge in [-0.15, -0.1) is 0 Å².